The summed E-state index contributed by atoms with van der Waals surface area (Å²) in [6.07, 6.45) is 2.85. The van der Waals surface area contributed by atoms with Gasteiger partial charge in [-0.1, -0.05) is 20.3 Å². The molecule has 0 N–H and O–H groups in total. The van der Waals surface area contributed by atoms with Gasteiger partial charge in [-0.05, 0) is 12.8 Å². The molecule has 0 radical (unpaired) electrons. The van der Waals surface area contributed by atoms with Gasteiger partial charge in [0.2, 0.25) is 0 Å². The van der Waals surface area contributed by atoms with E-state index in [1.165, 1.54) is 0 Å². The van der Waals surface area contributed by atoms with E-state index in [2.05, 4.69) is 19.6 Å². The lowest BCUT2D eigenvalue weighted by atomic mass is 10.3. The smallest absolute Gasteiger partial charge is 0.158 e. The van der Waals surface area contributed by atoms with Gasteiger partial charge < -0.3 is 9.47 Å². The molecule has 0 rings (SSSR count). The summed E-state index contributed by atoms with van der Waals surface area (Å²) in [6, 6.07) is 0. The first kappa shape index (κ1) is 11.3. The van der Waals surface area contributed by atoms with Crippen LogP contribution in [0.1, 0.15) is 33.1 Å². The van der Waals surface area contributed by atoms with Gasteiger partial charge in [0.05, 0.1) is 0 Å². The number of ether oxygens (including phenoxy) is 2. The quantitative estimate of drug-likeness (QED) is 0.497. The second-order valence-electron chi connectivity index (χ2n) is 2.45. The highest BCUT2D eigenvalue weighted by Crippen LogP contribution is 2.11. The zero-order valence-electron chi connectivity index (χ0n) is 7.54. The van der Waals surface area contributed by atoms with E-state index < -0.39 is 0 Å². The maximum atomic E-state index is 5.43. The van der Waals surface area contributed by atoms with Crippen LogP contribution in [0.2, 0.25) is 0 Å². The van der Waals surface area contributed by atoms with E-state index in [4.69, 9.17) is 9.47 Å². The maximum Gasteiger partial charge on any atom is 0.158 e. The first-order valence-corrected chi connectivity index (χ1v) is 4.62. The van der Waals surface area contributed by atoms with Gasteiger partial charge >= 0.3 is 0 Å². The Kier molecular flexibility index (Phi) is 7.12. The Bertz CT molecular complexity index is 84.2. The van der Waals surface area contributed by atoms with Crippen molar-refractivity contribution in [2.45, 2.75) is 44.8 Å². The molecule has 0 aliphatic carbocycles. The van der Waals surface area contributed by atoms with Gasteiger partial charge in [0.25, 0.3) is 0 Å². The van der Waals surface area contributed by atoms with Gasteiger partial charge in [0.15, 0.2) is 6.29 Å². The lowest BCUT2D eigenvalue weighted by molar-refractivity contribution is -0.134. The minimum absolute atomic E-state index is 0.0184. The molecule has 0 heterocycles. The highest BCUT2D eigenvalue weighted by atomic mass is 32.1. The van der Waals surface area contributed by atoms with Crippen molar-refractivity contribution < 1.29 is 9.47 Å². The number of hydrogen-bond donors (Lipinski definition) is 1. The Morgan fingerprint density at radius 1 is 1.36 bits per heavy atom. The molecule has 0 aliphatic rings. The predicted molar refractivity (Wildman–Crippen MR) is 49.9 cm³/mol. The molecule has 11 heavy (non-hydrogen) atoms. The van der Waals surface area contributed by atoms with Crippen molar-refractivity contribution in [3.05, 3.63) is 0 Å². The molecule has 2 unspecified atom stereocenters. The third-order valence-corrected chi connectivity index (χ3v) is 1.82. The summed E-state index contributed by atoms with van der Waals surface area (Å²) in [5.41, 5.74) is 0.0184. The van der Waals surface area contributed by atoms with Crippen LogP contribution < -0.4 is 0 Å². The Hall–Kier alpha value is 0.270. The summed E-state index contributed by atoms with van der Waals surface area (Å²) in [5.74, 6) is 0. The Labute approximate surface area is 74.7 Å². The van der Waals surface area contributed by atoms with Crippen LogP contribution in [0.3, 0.4) is 0 Å². The topological polar surface area (TPSA) is 18.5 Å². The molecule has 0 amide bonds. The summed E-state index contributed by atoms with van der Waals surface area (Å²) >= 11 is 4.26. The van der Waals surface area contributed by atoms with Gasteiger partial charge in [0.1, 0.15) is 5.44 Å². The Balaban J connectivity index is 3.44. The highest BCUT2D eigenvalue weighted by Gasteiger charge is 2.09. The van der Waals surface area contributed by atoms with Gasteiger partial charge in [-0.2, -0.15) is 0 Å². The molecule has 2 atom stereocenters. The van der Waals surface area contributed by atoms with Crippen LogP contribution in [0.25, 0.3) is 0 Å². The van der Waals surface area contributed by atoms with Crippen molar-refractivity contribution in [3.63, 3.8) is 0 Å². The van der Waals surface area contributed by atoms with E-state index >= 15 is 0 Å². The van der Waals surface area contributed by atoms with Crippen LogP contribution in [-0.4, -0.2) is 18.8 Å². The van der Waals surface area contributed by atoms with E-state index in [-0.39, 0.29) is 11.7 Å². The molecule has 0 bridgehead atoms. The van der Waals surface area contributed by atoms with Gasteiger partial charge in [-0.15, -0.1) is 12.6 Å². The normalized spacial score (nSPS) is 16.4. The van der Waals surface area contributed by atoms with Crippen molar-refractivity contribution in [1.82, 2.24) is 0 Å². The van der Waals surface area contributed by atoms with Crippen molar-refractivity contribution in [3.8, 4) is 0 Å². The fourth-order valence-electron chi connectivity index (χ4n) is 0.809. The van der Waals surface area contributed by atoms with E-state index in [0.29, 0.717) is 0 Å². The monoisotopic (exact) mass is 178 g/mol. The molecular weight excluding hydrogens is 160 g/mol. The van der Waals surface area contributed by atoms with Crippen LogP contribution in [0.5, 0.6) is 0 Å². The van der Waals surface area contributed by atoms with Crippen LogP contribution >= 0.6 is 12.6 Å². The molecule has 0 saturated carbocycles. The summed E-state index contributed by atoms with van der Waals surface area (Å²) in [5, 5.41) is 0. The van der Waals surface area contributed by atoms with E-state index in [0.717, 1.165) is 19.3 Å². The predicted octanol–water partition coefficient (Wildman–Crippen LogP) is 2.44. The fourth-order valence-corrected chi connectivity index (χ4v) is 1.20. The van der Waals surface area contributed by atoms with Crippen molar-refractivity contribution >= 4 is 12.6 Å². The second kappa shape index (κ2) is 6.95. The molecule has 0 aromatic rings. The average Bonchev–Trinajstić information content (AvgIpc) is 2.01. The van der Waals surface area contributed by atoms with Crippen molar-refractivity contribution in [2.24, 2.45) is 0 Å². The van der Waals surface area contributed by atoms with Gasteiger partial charge in [-0.3, -0.25) is 0 Å². The fraction of sp³-hybridized carbons (Fsp3) is 1.00. The molecule has 0 fully saturated rings. The highest BCUT2D eigenvalue weighted by molar-refractivity contribution is 7.80. The third-order valence-electron chi connectivity index (χ3n) is 1.44. The molecule has 3 heteroatoms. The molecule has 0 spiro atoms. The van der Waals surface area contributed by atoms with Crippen LogP contribution in [0.15, 0.2) is 0 Å². The number of hydrogen-bond acceptors (Lipinski definition) is 3. The van der Waals surface area contributed by atoms with Crippen molar-refractivity contribution in [1.29, 1.82) is 0 Å². The molecule has 0 aromatic heterocycles. The van der Waals surface area contributed by atoms with E-state index in [1.54, 1.807) is 7.11 Å². The largest absolute Gasteiger partial charge is 0.356 e. The number of rotatable bonds is 6. The SMILES string of the molecule is CCCC(S)OC(CC)OC. The van der Waals surface area contributed by atoms with E-state index in [1.807, 2.05) is 6.92 Å². The Morgan fingerprint density at radius 2 is 2.00 bits per heavy atom. The molecule has 2 nitrogen and oxygen atoms in total. The molecular formula is C8H18O2S. The zero-order chi connectivity index (χ0) is 8.69. The maximum absolute atomic E-state index is 5.43. The number of methoxy groups -OCH3 is 1. The Morgan fingerprint density at radius 3 is 2.36 bits per heavy atom. The summed E-state index contributed by atoms with van der Waals surface area (Å²) in [7, 11) is 1.65. The molecule has 0 aromatic carbocycles. The standard InChI is InChI=1S/C8H18O2S/c1-4-6-8(11)10-7(5-2)9-3/h7-8,11H,4-6H2,1-3H3. The van der Waals surface area contributed by atoms with Crippen LogP contribution in [0, 0.1) is 0 Å². The lowest BCUT2D eigenvalue weighted by Gasteiger charge is -2.18. The minimum atomic E-state index is -0.0935. The lowest BCUT2D eigenvalue weighted by Crippen LogP contribution is -2.19. The molecule has 0 saturated heterocycles. The third kappa shape index (κ3) is 5.53. The first-order chi connectivity index (χ1) is 5.24. The average molecular weight is 178 g/mol. The second-order valence-corrected chi connectivity index (χ2v) is 3.03. The van der Waals surface area contributed by atoms with Crippen LogP contribution in [-0.2, 0) is 9.47 Å². The number of thiol groups is 1. The minimum Gasteiger partial charge on any atom is -0.356 e. The summed E-state index contributed by atoms with van der Waals surface area (Å²) in [4.78, 5) is 0. The van der Waals surface area contributed by atoms with Gasteiger partial charge in [-0.25, -0.2) is 0 Å². The van der Waals surface area contributed by atoms with Gasteiger partial charge in [0, 0.05) is 7.11 Å². The van der Waals surface area contributed by atoms with E-state index in [9.17, 15) is 0 Å². The first-order valence-electron chi connectivity index (χ1n) is 4.10. The molecule has 68 valence electrons. The zero-order valence-corrected chi connectivity index (χ0v) is 8.43. The summed E-state index contributed by atoms with van der Waals surface area (Å²) < 4.78 is 10.5. The summed E-state index contributed by atoms with van der Waals surface area (Å²) in [6.45, 7) is 4.14. The molecule has 0 aliphatic heterocycles. The van der Waals surface area contributed by atoms with Crippen molar-refractivity contribution in [2.75, 3.05) is 7.11 Å². The van der Waals surface area contributed by atoms with Crippen LogP contribution in [0.4, 0.5) is 0 Å².